The van der Waals surface area contributed by atoms with Crippen LogP contribution in [-0.4, -0.2) is 26.2 Å². The molecule has 2 N–H and O–H groups in total. The molecule has 0 aromatic carbocycles. The van der Waals surface area contributed by atoms with Crippen molar-refractivity contribution in [3.63, 3.8) is 0 Å². The van der Waals surface area contributed by atoms with Gasteiger partial charge in [0.2, 0.25) is 11.8 Å². The third kappa shape index (κ3) is 3.64. The van der Waals surface area contributed by atoms with Crippen LogP contribution in [0.2, 0.25) is 0 Å². The fourth-order valence-corrected chi connectivity index (χ4v) is 1.58. The lowest BCUT2D eigenvalue weighted by atomic mass is 10.3. The molecule has 0 saturated heterocycles. The minimum atomic E-state index is -0.108. The molecule has 7 heteroatoms. The maximum atomic E-state index is 5.37. The predicted molar refractivity (Wildman–Crippen MR) is 71.9 cm³/mol. The molecule has 0 fully saturated rings. The summed E-state index contributed by atoms with van der Waals surface area (Å²) in [6, 6.07) is 2.06. The van der Waals surface area contributed by atoms with Gasteiger partial charge in [-0.05, 0) is 20.8 Å². The van der Waals surface area contributed by atoms with Gasteiger partial charge in [0.05, 0.1) is 0 Å². The normalized spacial score (nSPS) is 12.5. The molecule has 1 unspecified atom stereocenters. The van der Waals surface area contributed by atoms with Gasteiger partial charge in [0, 0.05) is 19.0 Å². The van der Waals surface area contributed by atoms with E-state index in [1.807, 2.05) is 13.0 Å². The van der Waals surface area contributed by atoms with Crippen molar-refractivity contribution in [2.75, 3.05) is 10.6 Å². The number of nitrogens with zero attached hydrogens (tertiary/aromatic N) is 4. The Kier molecular flexibility index (Phi) is 3.94. The van der Waals surface area contributed by atoms with Crippen LogP contribution >= 0.6 is 0 Å². The van der Waals surface area contributed by atoms with Crippen LogP contribution in [0, 0.1) is 6.92 Å². The van der Waals surface area contributed by atoms with Gasteiger partial charge in [-0.3, -0.25) is 0 Å². The SMILES string of the molecule is Cc1nnc(C(C)Nc2cc(NC(C)C)ncn2)o1. The molecular formula is C12H18N6O. The van der Waals surface area contributed by atoms with Crippen molar-refractivity contribution < 1.29 is 4.42 Å². The maximum absolute atomic E-state index is 5.37. The quantitative estimate of drug-likeness (QED) is 0.853. The summed E-state index contributed by atoms with van der Waals surface area (Å²) in [5.41, 5.74) is 0. The van der Waals surface area contributed by atoms with E-state index in [1.165, 1.54) is 6.33 Å². The van der Waals surface area contributed by atoms with E-state index in [1.54, 1.807) is 6.92 Å². The molecule has 2 heterocycles. The van der Waals surface area contributed by atoms with E-state index in [9.17, 15) is 0 Å². The Morgan fingerprint density at radius 2 is 1.74 bits per heavy atom. The summed E-state index contributed by atoms with van der Waals surface area (Å²) in [6.45, 7) is 7.81. The van der Waals surface area contributed by atoms with Gasteiger partial charge in [0.25, 0.3) is 0 Å². The fourth-order valence-electron chi connectivity index (χ4n) is 1.58. The van der Waals surface area contributed by atoms with Crippen LogP contribution in [0.1, 0.15) is 38.6 Å². The number of hydrogen-bond acceptors (Lipinski definition) is 7. The van der Waals surface area contributed by atoms with E-state index in [-0.39, 0.29) is 6.04 Å². The average molecular weight is 262 g/mol. The van der Waals surface area contributed by atoms with E-state index >= 15 is 0 Å². The maximum Gasteiger partial charge on any atom is 0.238 e. The summed E-state index contributed by atoms with van der Waals surface area (Å²) in [6.07, 6.45) is 1.51. The lowest BCUT2D eigenvalue weighted by Gasteiger charge is -2.13. The highest BCUT2D eigenvalue weighted by Gasteiger charge is 2.13. The van der Waals surface area contributed by atoms with Crippen molar-refractivity contribution in [3.05, 3.63) is 24.2 Å². The molecule has 2 rings (SSSR count). The second kappa shape index (κ2) is 5.64. The Morgan fingerprint density at radius 3 is 2.32 bits per heavy atom. The largest absolute Gasteiger partial charge is 0.423 e. The molecule has 19 heavy (non-hydrogen) atoms. The molecule has 0 spiro atoms. The van der Waals surface area contributed by atoms with Gasteiger partial charge in [0.1, 0.15) is 24.0 Å². The first-order valence-corrected chi connectivity index (χ1v) is 6.19. The molecule has 0 aliphatic heterocycles. The van der Waals surface area contributed by atoms with Crippen molar-refractivity contribution >= 4 is 11.6 Å². The van der Waals surface area contributed by atoms with E-state index < -0.39 is 0 Å². The summed E-state index contributed by atoms with van der Waals surface area (Å²) in [5, 5.41) is 14.2. The van der Waals surface area contributed by atoms with Crippen LogP contribution in [0.15, 0.2) is 16.8 Å². The molecule has 0 aliphatic carbocycles. The highest BCUT2D eigenvalue weighted by molar-refractivity contribution is 5.47. The van der Waals surface area contributed by atoms with Gasteiger partial charge < -0.3 is 15.1 Å². The minimum Gasteiger partial charge on any atom is -0.423 e. The fraction of sp³-hybridized carbons (Fsp3) is 0.500. The van der Waals surface area contributed by atoms with E-state index in [0.717, 1.165) is 5.82 Å². The standard InChI is InChI=1S/C12H18N6O/c1-7(2)15-10-5-11(14-6-13-10)16-8(3)12-18-17-9(4)19-12/h5-8H,1-4H3,(H2,13,14,15,16). The first kappa shape index (κ1) is 13.3. The Balaban J connectivity index is 2.06. The number of hydrogen-bond donors (Lipinski definition) is 2. The summed E-state index contributed by atoms with van der Waals surface area (Å²) in [7, 11) is 0. The molecule has 0 aliphatic rings. The van der Waals surface area contributed by atoms with Crippen molar-refractivity contribution in [2.45, 2.75) is 39.8 Å². The summed E-state index contributed by atoms with van der Waals surface area (Å²) in [5.74, 6) is 2.57. The van der Waals surface area contributed by atoms with Crippen LogP contribution in [0.5, 0.6) is 0 Å². The molecule has 0 amide bonds. The molecule has 7 nitrogen and oxygen atoms in total. The van der Waals surface area contributed by atoms with Crippen molar-refractivity contribution in [2.24, 2.45) is 0 Å². The average Bonchev–Trinajstić information content (AvgIpc) is 2.75. The van der Waals surface area contributed by atoms with Gasteiger partial charge in [0.15, 0.2) is 0 Å². The zero-order valence-electron chi connectivity index (χ0n) is 11.5. The molecule has 102 valence electrons. The lowest BCUT2D eigenvalue weighted by Crippen LogP contribution is -2.13. The van der Waals surface area contributed by atoms with E-state index in [0.29, 0.717) is 23.6 Å². The van der Waals surface area contributed by atoms with Crippen molar-refractivity contribution in [1.29, 1.82) is 0 Å². The predicted octanol–water partition coefficient (Wildman–Crippen LogP) is 2.16. The van der Waals surface area contributed by atoms with Gasteiger partial charge in [-0.25, -0.2) is 9.97 Å². The first-order chi connectivity index (χ1) is 9.04. The summed E-state index contributed by atoms with van der Waals surface area (Å²) in [4.78, 5) is 8.32. The number of aryl methyl sites for hydroxylation is 1. The minimum absolute atomic E-state index is 0.108. The number of aromatic nitrogens is 4. The number of anilines is 2. The van der Waals surface area contributed by atoms with Crippen LogP contribution in [0.4, 0.5) is 11.6 Å². The lowest BCUT2D eigenvalue weighted by molar-refractivity contribution is 0.450. The summed E-state index contributed by atoms with van der Waals surface area (Å²) < 4.78 is 5.37. The zero-order valence-corrected chi connectivity index (χ0v) is 11.5. The Bertz CT molecular complexity index is 539. The van der Waals surface area contributed by atoms with Crippen molar-refractivity contribution in [1.82, 2.24) is 20.2 Å². The third-order valence-corrected chi connectivity index (χ3v) is 2.38. The smallest absolute Gasteiger partial charge is 0.238 e. The van der Waals surface area contributed by atoms with Crippen LogP contribution in [-0.2, 0) is 0 Å². The molecule has 0 saturated carbocycles. The zero-order chi connectivity index (χ0) is 13.8. The van der Waals surface area contributed by atoms with Gasteiger partial charge in [-0.2, -0.15) is 0 Å². The second-order valence-electron chi connectivity index (χ2n) is 4.61. The molecule has 1 atom stereocenters. The van der Waals surface area contributed by atoms with Gasteiger partial charge in [-0.15, -0.1) is 10.2 Å². The molecule has 2 aromatic rings. The highest BCUT2D eigenvalue weighted by atomic mass is 16.4. The van der Waals surface area contributed by atoms with E-state index in [2.05, 4.69) is 44.6 Å². The topological polar surface area (TPSA) is 88.8 Å². The van der Waals surface area contributed by atoms with Crippen LogP contribution in [0.25, 0.3) is 0 Å². The Morgan fingerprint density at radius 1 is 1.05 bits per heavy atom. The Hall–Kier alpha value is -2.18. The highest BCUT2D eigenvalue weighted by Crippen LogP contribution is 2.17. The third-order valence-electron chi connectivity index (χ3n) is 2.38. The van der Waals surface area contributed by atoms with Crippen LogP contribution in [0.3, 0.4) is 0 Å². The van der Waals surface area contributed by atoms with Gasteiger partial charge in [-0.1, -0.05) is 0 Å². The summed E-state index contributed by atoms with van der Waals surface area (Å²) >= 11 is 0. The molecular weight excluding hydrogens is 244 g/mol. The number of nitrogens with one attached hydrogen (secondary N) is 2. The molecule has 0 radical (unpaired) electrons. The number of rotatable bonds is 5. The van der Waals surface area contributed by atoms with E-state index in [4.69, 9.17) is 4.42 Å². The van der Waals surface area contributed by atoms with Crippen molar-refractivity contribution in [3.8, 4) is 0 Å². The molecule has 2 aromatic heterocycles. The van der Waals surface area contributed by atoms with Gasteiger partial charge >= 0.3 is 0 Å². The Labute approximate surface area is 111 Å². The van der Waals surface area contributed by atoms with Crippen LogP contribution < -0.4 is 10.6 Å². The monoisotopic (exact) mass is 262 g/mol. The molecule has 0 bridgehead atoms. The second-order valence-corrected chi connectivity index (χ2v) is 4.61. The first-order valence-electron chi connectivity index (χ1n) is 6.19.